The van der Waals surface area contributed by atoms with Gasteiger partial charge in [0.2, 0.25) is 15.9 Å². The van der Waals surface area contributed by atoms with E-state index < -0.39 is 10.0 Å². The first kappa shape index (κ1) is 21.9. The lowest BCUT2D eigenvalue weighted by Crippen LogP contribution is -2.49. The molecule has 0 spiro atoms. The van der Waals surface area contributed by atoms with Gasteiger partial charge in [-0.25, -0.2) is 8.42 Å². The first-order valence-corrected chi connectivity index (χ1v) is 11.2. The highest BCUT2D eigenvalue weighted by atomic mass is 32.2. The molecule has 0 atom stereocenters. The molecule has 158 valence electrons. The predicted molar refractivity (Wildman–Crippen MR) is 117 cm³/mol. The normalized spacial score (nSPS) is 15.9. The number of hydrogen-bond acceptors (Lipinski definition) is 5. The van der Waals surface area contributed by atoms with Crippen LogP contribution >= 0.6 is 0 Å². The van der Waals surface area contributed by atoms with E-state index in [1.165, 1.54) is 16.6 Å². The molecular weight excluding hydrogens is 402 g/mol. The minimum atomic E-state index is -3.50. The number of carbonyl (C=O) groups is 2. The summed E-state index contributed by atoms with van der Waals surface area (Å²) in [6.45, 7) is 3.24. The van der Waals surface area contributed by atoms with Crippen molar-refractivity contribution in [1.82, 2.24) is 9.21 Å². The van der Waals surface area contributed by atoms with Crippen molar-refractivity contribution >= 4 is 33.5 Å². The summed E-state index contributed by atoms with van der Waals surface area (Å²) in [5.74, 6) is -0.263. The summed E-state index contributed by atoms with van der Waals surface area (Å²) in [6.07, 6.45) is 1.59. The summed E-state index contributed by atoms with van der Waals surface area (Å²) in [7, 11) is -3.50. The van der Waals surface area contributed by atoms with E-state index in [2.05, 4.69) is 5.32 Å². The lowest BCUT2D eigenvalue weighted by atomic mass is 10.1. The Bertz CT molecular complexity index is 1030. The molecule has 0 saturated carbocycles. The van der Waals surface area contributed by atoms with Crippen LogP contribution < -0.4 is 5.32 Å². The third-order valence-electron chi connectivity index (χ3n) is 4.84. The van der Waals surface area contributed by atoms with Crippen molar-refractivity contribution in [3.8, 4) is 0 Å². The van der Waals surface area contributed by atoms with Crippen molar-refractivity contribution in [2.45, 2.75) is 6.92 Å². The zero-order valence-electron chi connectivity index (χ0n) is 16.8. The number of nitrogens with one attached hydrogen (secondary N) is 1. The fourth-order valence-corrected chi connectivity index (χ4v) is 4.35. The van der Waals surface area contributed by atoms with Gasteiger partial charge in [-0.3, -0.25) is 14.5 Å². The monoisotopic (exact) mass is 427 g/mol. The fraction of sp³-hybridized carbons (Fsp3) is 0.273. The van der Waals surface area contributed by atoms with E-state index in [9.17, 15) is 18.0 Å². The van der Waals surface area contributed by atoms with E-state index in [0.717, 1.165) is 5.56 Å². The molecule has 1 N–H and O–H groups in total. The fourth-order valence-electron chi connectivity index (χ4n) is 3.18. The third-order valence-corrected chi connectivity index (χ3v) is 6.41. The number of Topliss-reactive ketones (excluding diaryl/α,β-unsaturated/α-hetero) is 1. The Hall–Kier alpha value is -2.81. The van der Waals surface area contributed by atoms with Gasteiger partial charge >= 0.3 is 0 Å². The summed E-state index contributed by atoms with van der Waals surface area (Å²) in [4.78, 5) is 25.7. The van der Waals surface area contributed by atoms with Crippen molar-refractivity contribution in [3.63, 3.8) is 0 Å². The number of rotatable bonds is 7. The van der Waals surface area contributed by atoms with E-state index in [0.29, 0.717) is 37.4 Å². The molecular formula is C22H25N3O4S. The lowest BCUT2D eigenvalue weighted by molar-refractivity contribution is -0.117. The molecule has 2 aromatic carbocycles. The van der Waals surface area contributed by atoms with Crippen molar-refractivity contribution in [1.29, 1.82) is 0 Å². The van der Waals surface area contributed by atoms with E-state index >= 15 is 0 Å². The highest BCUT2D eigenvalue weighted by Gasteiger charge is 2.25. The standard InChI is InChI=1S/C22H25N3O4S/c1-18(26)20-8-5-9-21(16-20)23-22(27)17-24-11-13-25(14-12-24)30(28,29)15-10-19-6-3-2-4-7-19/h2-10,15-16H,11-14,17H2,1H3,(H,23,27). The second kappa shape index (κ2) is 9.80. The largest absolute Gasteiger partial charge is 0.325 e. The van der Waals surface area contributed by atoms with Crippen LogP contribution in [0, 0.1) is 0 Å². The topological polar surface area (TPSA) is 86.8 Å². The molecule has 3 rings (SSSR count). The molecule has 0 bridgehead atoms. The molecule has 1 saturated heterocycles. The molecule has 7 nitrogen and oxygen atoms in total. The zero-order chi connectivity index (χ0) is 21.6. The van der Waals surface area contributed by atoms with Crippen molar-refractivity contribution in [2.24, 2.45) is 0 Å². The van der Waals surface area contributed by atoms with Crippen LogP contribution in [0.25, 0.3) is 6.08 Å². The van der Waals surface area contributed by atoms with Crippen LogP contribution in [0.3, 0.4) is 0 Å². The summed E-state index contributed by atoms with van der Waals surface area (Å²) in [5.41, 5.74) is 1.93. The summed E-state index contributed by atoms with van der Waals surface area (Å²) >= 11 is 0. The maximum atomic E-state index is 12.5. The average Bonchev–Trinajstić information content (AvgIpc) is 2.73. The molecule has 8 heteroatoms. The van der Waals surface area contributed by atoms with Crippen LogP contribution in [0.15, 0.2) is 60.0 Å². The maximum Gasteiger partial charge on any atom is 0.238 e. The number of ketones is 1. The van der Waals surface area contributed by atoms with Crippen LogP contribution in [0.4, 0.5) is 5.69 Å². The molecule has 0 aliphatic carbocycles. The van der Waals surface area contributed by atoms with Gasteiger partial charge in [-0.1, -0.05) is 42.5 Å². The van der Waals surface area contributed by atoms with E-state index in [1.807, 2.05) is 35.2 Å². The Labute approximate surface area is 177 Å². The Morgan fingerprint density at radius 3 is 2.37 bits per heavy atom. The minimum Gasteiger partial charge on any atom is -0.325 e. The molecule has 0 radical (unpaired) electrons. The average molecular weight is 428 g/mol. The van der Waals surface area contributed by atoms with E-state index in [1.54, 1.807) is 30.3 Å². The Morgan fingerprint density at radius 1 is 1.00 bits per heavy atom. The summed E-state index contributed by atoms with van der Waals surface area (Å²) in [5, 5.41) is 4.02. The van der Waals surface area contributed by atoms with Crippen LogP contribution in [0.2, 0.25) is 0 Å². The Kier molecular flexibility index (Phi) is 7.15. The number of sulfonamides is 1. The molecule has 1 aliphatic rings. The summed E-state index contributed by atoms with van der Waals surface area (Å²) in [6, 6.07) is 16.1. The quantitative estimate of drug-likeness (QED) is 0.686. The highest BCUT2D eigenvalue weighted by Crippen LogP contribution is 2.13. The molecule has 2 aromatic rings. The smallest absolute Gasteiger partial charge is 0.238 e. The Balaban J connectivity index is 1.50. The van der Waals surface area contributed by atoms with Gasteiger partial charge in [0.15, 0.2) is 5.78 Å². The Morgan fingerprint density at radius 2 is 1.70 bits per heavy atom. The van der Waals surface area contributed by atoms with Gasteiger partial charge in [0.1, 0.15) is 0 Å². The van der Waals surface area contributed by atoms with Crippen LogP contribution in [0.5, 0.6) is 0 Å². The molecule has 0 unspecified atom stereocenters. The van der Waals surface area contributed by atoms with E-state index in [-0.39, 0.29) is 18.2 Å². The van der Waals surface area contributed by atoms with Gasteiger partial charge < -0.3 is 5.32 Å². The van der Waals surface area contributed by atoms with Crippen LogP contribution in [-0.2, 0) is 14.8 Å². The maximum absolute atomic E-state index is 12.5. The number of piperazine rings is 1. The number of benzene rings is 2. The lowest BCUT2D eigenvalue weighted by Gasteiger charge is -2.32. The molecule has 30 heavy (non-hydrogen) atoms. The van der Waals surface area contributed by atoms with E-state index in [4.69, 9.17) is 0 Å². The number of amides is 1. The van der Waals surface area contributed by atoms with Gasteiger partial charge in [-0.15, -0.1) is 0 Å². The number of nitrogens with zero attached hydrogens (tertiary/aromatic N) is 2. The highest BCUT2D eigenvalue weighted by molar-refractivity contribution is 7.92. The first-order chi connectivity index (χ1) is 14.3. The summed E-state index contributed by atoms with van der Waals surface area (Å²) < 4.78 is 26.5. The van der Waals surface area contributed by atoms with Gasteiger partial charge in [0.05, 0.1) is 6.54 Å². The van der Waals surface area contributed by atoms with Crippen molar-refractivity contribution < 1.29 is 18.0 Å². The second-order valence-corrected chi connectivity index (χ2v) is 8.94. The van der Waals surface area contributed by atoms with Gasteiger partial charge in [0, 0.05) is 42.8 Å². The van der Waals surface area contributed by atoms with Gasteiger partial charge in [-0.05, 0) is 30.7 Å². The van der Waals surface area contributed by atoms with Crippen molar-refractivity contribution in [3.05, 3.63) is 71.1 Å². The molecule has 1 amide bonds. The van der Waals surface area contributed by atoms with Crippen LogP contribution in [0.1, 0.15) is 22.8 Å². The van der Waals surface area contributed by atoms with Gasteiger partial charge in [0.25, 0.3) is 0 Å². The van der Waals surface area contributed by atoms with Crippen LogP contribution in [-0.4, -0.2) is 62.0 Å². The zero-order valence-corrected chi connectivity index (χ0v) is 17.6. The minimum absolute atomic E-state index is 0.0651. The van der Waals surface area contributed by atoms with Gasteiger partial charge in [-0.2, -0.15) is 4.31 Å². The number of hydrogen-bond donors (Lipinski definition) is 1. The predicted octanol–water partition coefficient (Wildman–Crippen LogP) is 2.45. The first-order valence-electron chi connectivity index (χ1n) is 9.70. The molecule has 1 aliphatic heterocycles. The number of carbonyl (C=O) groups excluding carboxylic acids is 2. The molecule has 1 heterocycles. The van der Waals surface area contributed by atoms with Crippen molar-refractivity contribution in [2.75, 3.05) is 38.0 Å². The third kappa shape index (κ3) is 6.09. The molecule has 1 fully saturated rings. The SMILES string of the molecule is CC(=O)c1cccc(NC(=O)CN2CCN(S(=O)(=O)C=Cc3ccccc3)CC2)c1. The molecule has 0 aromatic heterocycles. The second-order valence-electron chi connectivity index (χ2n) is 7.12. The number of anilines is 1.